The number of aromatic nitrogens is 6. The van der Waals surface area contributed by atoms with Crippen LogP contribution in [0.2, 0.25) is 5.02 Å². The maximum absolute atomic E-state index is 13.3. The van der Waals surface area contributed by atoms with Gasteiger partial charge in [0.2, 0.25) is 5.78 Å². The van der Waals surface area contributed by atoms with E-state index in [0.717, 1.165) is 27.2 Å². The number of tetrazole rings is 1. The first-order valence-electron chi connectivity index (χ1n) is 8.61. The molecule has 0 saturated heterocycles. The molecule has 0 aliphatic carbocycles. The first kappa shape index (κ1) is 16.6. The van der Waals surface area contributed by atoms with Crippen LogP contribution in [0.1, 0.15) is 27.6 Å². The van der Waals surface area contributed by atoms with Crippen molar-refractivity contribution in [2.75, 3.05) is 0 Å². The molecule has 5 aromatic rings. The first-order chi connectivity index (χ1) is 13.7. The molecule has 0 fully saturated rings. The molecule has 3 heterocycles. The lowest BCUT2D eigenvalue weighted by Gasteiger charge is -2.04. The zero-order valence-electron chi connectivity index (χ0n) is 14.5. The smallest absolute Gasteiger partial charge is 0.227 e. The fraction of sp³-hybridized carbons (Fsp3) is 0.0500. The fourth-order valence-corrected chi connectivity index (χ4v) is 3.53. The molecular weight excluding hydrogens is 376 g/mol. The lowest BCUT2D eigenvalue weighted by molar-refractivity contribution is 0.103. The van der Waals surface area contributed by atoms with E-state index in [1.165, 1.54) is 0 Å². The number of halogens is 1. The summed E-state index contributed by atoms with van der Waals surface area (Å²) >= 11 is 6.13. The number of carbonyl (C=O) groups is 1. The number of rotatable bonds is 4. The van der Waals surface area contributed by atoms with E-state index in [9.17, 15) is 4.79 Å². The van der Waals surface area contributed by atoms with Gasteiger partial charge >= 0.3 is 0 Å². The number of fused-ring (bicyclic) bond motifs is 2. The Morgan fingerprint density at radius 2 is 1.93 bits per heavy atom. The molecule has 0 bridgehead atoms. The Kier molecular flexibility index (Phi) is 3.87. The molecule has 0 atom stereocenters. The third-order valence-electron chi connectivity index (χ3n) is 4.68. The Labute approximate surface area is 163 Å². The predicted octanol–water partition coefficient (Wildman–Crippen LogP) is 3.70. The van der Waals surface area contributed by atoms with Gasteiger partial charge in [0.05, 0.1) is 5.69 Å². The van der Waals surface area contributed by atoms with Gasteiger partial charge in [-0.15, -0.1) is 10.2 Å². The topological polar surface area (TPSA) is 100 Å². The van der Waals surface area contributed by atoms with Crippen LogP contribution in [0.4, 0.5) is 0 Å². The van der Waals surface area contributed by atoms with Gasteiger partial charge in [-0.1, -0.05) is 47.1 Å². The second-order valence-electron chi connectivity index (χ2n) is 6.42. The molecule has 8 heteroatoms. The molecule has 28 heavy (non-hydrogen) atoms. The van der Waals surface area contributed by atoms with Crippen LogP contribution in [0.5, 0.6) is 0 Å². The summed E-state index contributed by atoms with van der Waals surface area (Å²) in [5.74, 6) is 0.299. The van der Waals surface area contributed by atoms with Gasteiger partial charge in [-0.25, -0.2) is 0 Å². The molecule has 0 unspecified atom stereocenters. The van der Waals surface area contributed by atoms with E-state index in [4.69, 9.17) is 11.6 Å². The number of hydrogen-bond acceptors (Lipinski definition) is 5. The van der Waals surface area contributed by atoms with Gasteiger partial charge in [0, 0.05) is 33.9 Å². The summed E-state index contributed by atoms with van der Waals surface area (Å²) in [4.78, 5) is 20.9. The highest BCUT2D eigenvalue weighted by atomic mass is 35.5. The second kappa shape index (κ2) is 6.54. The average Bonchev–Trinajstić information content (AvgIpc) is 3.35. The van der Waals surface area contributed by atoms with Crippen molar-refractivity contribution in [3.8, 4) is 0 Å². The number of nitrogens with zero attached hydrogens (tertiary/aromatic N) is 4. The van der Waals surface area contributed by atoms with E-state index in [2.05, 4.69) is 30.6 Å². The van der Waals surface area contributed by atoms with Gasteiger partial charge in [-0.05, 0) is 29.1 Å². The van der Waals surface area contributed by atoms with E-state index >= 15 is 0 Å². The number of pyridine rings is 1. The normalized spacial score (nSPS) is 11.3. The minimum atomic E-state index is -0.198. The number of aromatic amines is 2. The van der Waals surface area contributed by atoms with Crippen molar-refractivity contribution in [3.05, 3.63) is 82.5 Å². The highest BCUT2D eigenvalue weighted by Gasteiger charge is 2.22. The SMILES string of the molecule is O=C(c1cc2ccccc2cn1)c1[nH]c2cc(Cl)ccc2c1Cc1nn[nH]n1. The van der Waals surface area contributed by atoms with Crippen molar-refractivity contribution in [3.63, 3.8) is 0 Å². The van der Waals surface area contributed by atoms with E-state index in [1.807, 2.05) is 30.3 Å². The monoisotopic (exact) mass is 388 g/mol. The summed E-state index contributed by atoms with van der Waals surface area (Å²) < 4.78 is 0. The number of H-pyrrole nitrogens is 2. The van der Waals surface area contributed by atoms with Gasteiger partial charge in [0.1, 0.15) is 5.69 Å². The van der Waals surface area contributed by atoms with Gasteiger partial charge in [0.15, 0.2) is 5.82 Å². The molecule has 0 aliphatic heterocycles. The first-order valence-corrected chi connectivity index (χ1v) is 8.99. The number of ketones is 1. The van der Waals surface area contributed by atoms with Gasteiger partial charge in [0.25, 0.3) is 0 Å². The Morgan fingerprint density at radius 1 is 1.07 bits per heavy atom. The molecule has 2 aromatic carbocycles. The Hall–Kier alpha value is -3.58. The Morgan fingerprint density at radius 3 is 2.75 bits per heavy atom. The Bertz CT molecular complexity index is 1330. The number of hydrogen-bond donors (Lipinski definition) is 2. The lowest BCUT2D eigenvalue weighted by Crippen LogP contribution is -2.08. The van der Waals surface area contributed by atoms with Crippen molar-refractivity contribution in [2.45, 2.75) is 6.42 Å². The highest BCUT2D eigenvalue weighted by Crippen LogP contribution is 2.28. The largest absolute Gasteiger partial charge is 0.351 e. The highest BCUT2D eigenvalue weighted by molar-refractivity contribution is 6.31. The summed E-state index contributed by atoms with van der Waals surface area (Å²) in [6.45, 7) is 0. The quantitative estimate of drug-likeness (QED) is 0.457. The minimum absolute atomic E-state index is 0.198. The molecule has 0 saturated carbocycles. The summed E-state index contributed by atoms with van der Waals surface area (Å²) in [6, 6.07) is 15.1. The number of benzene rings is 2. The third kappa shape index (κ3) is 2.82. The Balaban J connectivity index is 1.66. The molecule has 0 radical (unpaired) electrons. The van der Waals surface area contributed by atoms with Crippen LogP contribution in [0.25, 0.3) is 21.7 Å². The van der Waals surface area contributed by atoms with Crippen molar-refractivity contribution in [1.29, 1.82) is 0 Å². The molecule has 0 amide bonds. The molecule has 5 rings (SSSR count). The number of carbonyl (C=O) groups excluding carboxylic acids is 1. The van der Waals surface area contributed by atoms with Crippen LogP contribution in [-0.2, 0) is 6.42 Å². The fourth-order valence-electron chi connectivity index (χ4n) is 3.36. The lowest BCUT2D eigenvalue weighted by atomic mass is 10.0. The van der Waals surface area contributed by atoms with Crippen molar-refractivity contribution >= 4 is 39.1 Å². The molecule has 3 aromatic heterocycles. The van der Waals surface area contributed by atoms with E-state index in [1.54, 1.807) is 24.4 Å². The summed E-state index contributed by atoms with van der Waals surface area (Å²) in [7, 11) is 0. The third-order valence-corrected chi connectivity index (χ3v) is 4.92. The summed E-state index contributed by atoms with van der Waals surface area (Å²) in [5.41, 5.74) is 2.37. The minimum Gasteiger partial charge on any atom is -0.351 e. The average molecular weight is 389 g/mol. The number of nitrogens with one attached hydrogen (secondary N) is 2. The van der Waals surface area contributed by atoms with Crippen molar-refractivity contribution in [2.24, 2.45) is 0 Å². The van der Waals surface area contributed by atoms with Crippen LogP contribution < -0.4 is 0 Å². The van der Waals surface area contributed by atoms with Crippen LogP contribution in [0.15, 0.2) is 54.7 Å². The maximum Gasteiger partial charge on any atom is 0.227 e. The molecule has 0 aliphatic rings. The van der Waals surface area contributed by atoms with E-state index < -0.39 is 0 Å². The van der Waals surface area contributed by atoms with Crippen LogP contribution in [0.3, 0.4) is 0 Å². The molecule has 136 valence electrons. The molecule has 7 nitrogen and oxygen atoms in total. The van der Waals surface area contributed by atoms with Gasteiger partial charge < -0.3 is 4.98 Å². The van der Waals surface area contributed by atoms with Crippen LogP contribution in [-0.4, -0.2) is 36.4 Å². The second-order valence-corrected chi connectivity index (χ2v) is 6.86. The van der Waals surface area contributed by atoms with Gasteiger partial charge in [-0.3, -0.25) is 9.78 Å². The zero-order chi connectivity index (χ0) is 19.1. The van der Waals surface area contributed by atoms with E-state index in [-0.39, 0.29) is 5.78 Å². The molecule has 0 spiro atoms. The summed E-state index contributed by atoms with van der Waals surface area (Å²) in [6.07, 6.45) is 2.06. The standard InChI is InChI=1S/C20H13ClN6O/c21-13-5-6-14-15(9-18-24-26-27-25-18)19(23-16(14)8-13)20(28)17-7-11-3-1-2-4-12(11)10-22-17/h1-8,10,23H,9H2,(H,24,25,26,27). The molecule has 2 N–H and O–H groups in total. The van der Waals surface area contributed by atoms with Crippen LogP contribution >= 0.6 is 11.6 Å². The van der Waals surface area contributed by atoms with Crippen molar-refractivity contribution < 1.29 is 4.79 Å². The van der Waals surface area contributed by atoms with E-state index in [0.29, 0.717) is 28.7 Å². The predicted molar refractivity (Wildman–Crippen MR) is 105 cm³/mol. The van der Waals surface area contributed by atoms with Gasteiger partial charge in [-0.2, -0.15) is 5.21 Å². The zero-order valence-corrected chi connectivity index (χ0v) is 15.2. The summed E-state index contributed by atoms with van der Waals surface area (Å²) in [5, 5.41) is 17.5. The molecular formula is C20H13ClN6O. The van der Waals surface area contributed by atoms with Crippen molar-refractivity contribution in [1.82, 2.24) is 30.6 Å². The van der Waals surface area contributed by atoms with Crippen LogP contribution in [0, 0.1) is 0 Å². The maximum atomic E-state index is 13.3.